The van der Waals surface area contributed by atoms with Gasteiger partial charge in [0.25, 0.3) is 0 Å². The molecule has 3 rings (SSSR count). The number of fused-ring (bicyclic) bond motifs is 1. The molecule has 2 aromatic carbocycles. The lowest BCUT2D eigenvalue weighted by Crippen LogP contribution is -2.25. The maximum Gasteiger partial charge on any atom is 0.181 e. The molecule has 1 aliphatic rings. The molecule has 4 heteroatoms. The van der Waals surface area contributed by atoms with Gasteiger partial charge in [-0.05, 0) is 47.2 Å². The van der Waals surface area contributed by atoms with Crippen LogP contribution in [0.4, 0.5) is 14.5 Å². The van der Waals surface area contributed by atoms with Gasteiger partial charge in [0, 0.05) is 5.02 Å². The van der Waals surface area contributed by atoms with Crippen molar-refractivity contribution in [3.05, 3.63) is 64.2 Å². The Balaban J connectivity index is 2.02. The molecule has 0 saturated heterocycles. The molecule has 0 spiro atoms. The maximum atomic E-state index is 13.9. The lowest BCUT2D eigenvalue weighted by Gasteiger charge is -2.29. The molecule has 21 heavy (non-hydrogen) atoms. The van der Waals surface area contributed by atoms with E-state index >= 15 is 0 Å². The first-order chi connectivity index (χ1) is 9.88. The van der Waals surface area contributed by atoms with Crippen LogP contribution in [-0.2, 0) is 6.42 Å². The third-order valence-electron chi connectivity index (χ3n) is 4.10. The zero-order chi connectivity index (χ0) is 15.2. The van der Waals surface area contributed by atoms with Gasteiger partial charge >= 0.3 is 0 Å². The summed E-state index contributed by atoms with van der Waals surface area (Å²) in [4.78, 5) is 0. The molecule has 0 amide bonds. The van der Waals surface area contributed by atoms with E-state index in [1.807, 2.05) is 18.2 Å². The second-order valence-corrected chi connectivity index (χ2v) is 6.62. The fourth-order valence-electron chi connectivity index (χ4n) is 3.05. The zero-order valence-electron chi connectivity index (χ0n) is 11.9. The van der Waals surface area contributed by atoms with E-state index in [-0.39, 0.29) is 17.1 Å². The Morgan fingerprint density at radius 2 is 1.95 bits per heavy atom. The molecule has 0 aromatic heterocycles. The first kappa shape index (κ1) is 14.3. The summed E-state index contributed by atoms with van der Waals surface area (Å²) in [5.41, 5.74) is 2.32. The van der Waals surface area contributed by atoms with Crippen LogP contribution in [0.25, 0.3) is 0 Å². The molecule has 1 nitrogen and oxygen atoms in total. The standard InChI is InChI=1S/C17H16ClF2N/c1-17(2)9-10-6-7-11(18)8-12(10)16(17)21-14-5-3-4-13(19)15(14)20/h3-8,16,21H,9H2,1-2H3. The van der Waals surface area contributed by atoms with Crippen molar-refractivity contribution in [3.63, 3.8) is 0 Å². The number of rotatable bonds is 2. The summed E-state index contributed by atoms with van der Waals surface area (Å²) >= 11 is 6.08. The van der Waals surface area contributed by atoms with Gasteiger partial charge < -0.3 is 5.32 Å². The van der Waals surface area contributed by atoms with Gasteiger partial charge in [0.1, 0.15) is 0 Å². The van der Waals surface area contributed by atoms with Crippen LogP contribution < -0.4 is 5.32 Å². The molecule has 1 aliphatic carbocycles. The van der Waals surface area contributed by atoms with Crippen molar-refractivity contribution in [3.8, 4) is 0 Å². The van der Waals surface area contributed by atoms with Gasteiger partial charge in [0.15, 0.2) is 11.6 Å². The summed E-state index contributed by atoms with van der Waals surface area (Å²) in [5.74, 6) is -1.69. The lowest BCUT2D eigenvalue weighted by molar-refractivity contribution is 0.336. The minimum absolute atomic E-state index is 0.105. The van der Waals surface area contributed by atoms with Gasteiger partial charge in [0.05, 0.1) is 11.7 Å². The summed E-state index contributed by atoms with van der Waals surface area (Å²) in [5, 5.41) is 3.80. The Kier molecular flexibility index (Phi) is 3.40. The Bertz CT molecular complexity index is 697. The van der Waals surface area contributed by atoms with Gasteiger partial charge in [-0.25, -0.2) is 8.78 Å². The normalized spacial score (nSPS) is 19.4. The highest BCUT2D eigenvalue weighted by Gasteiger charge is 2.39. The topological polar surface area (TPSA) is 12.0 Å². The van der Waals surface area contributed by atoms with Gasteiger partial charge in [-0.2, -0.15) is 0 Å². The number of benzene rings is 2. The van der Waals surface area contributed by atoms with Gasteiger partial charge in [0.2, 0.25) is 0 Å². The van der Waals surface area contributed by atoms with E-state index in [2.05, 4.69) is 19.2 Å². The average molecular weight is 308 g/mol. The second-order valence-electron chi connectivity index (χ2n) is 6.19. The van der Waals surface area contributed by atoms with Crippen molar-refractivity contribution in [2.24, 2.45) is 5.41 Å². The molecule has 1 unspecified atom stereocenters. The molecule has 0 aliphatic heterocycles. The molecular formula is C17H16ClF2N. The van der Waals surface area contributed by atoms with E-state index < -0.39 is 11.6 Å². The predicted octanol–water partition coefficient (Wildman–Crippen LogP) is 5.35. The highest BCUT2D eigenvalue weighted by molar-refractivity contribution is 6.30. The van der Waals surface area contributed by atoms with E-state index in [0.717, 1.165) is 18.1 Å². The SMILES string of the molecule is CC1(C)Cc2ccc(Cl)cc2C1Nc1cccc(F)c1F. The smallest absolute Gasteiger partial charge is 0.181 e. The van der Waals surface area contributed by atoms with Gasteiger partial charge in [-0.1, -0.05) is 37.6 Å². The van der Waals surface area contributed by atoms with E-state index in [1.165, 1.54) is 11.6 Å². The minimum Gasteiger partial charge on any atom is -0.375 e. The Morgan fingerprint density at radius 1 is 1.19 bits per heavy atom. The summed E-state index contributed by atoms with van der Waals surface area (Å²) in [6.07, 6.45) is 0.869. The Hall–Kier alpha value is -1.61. The highest BCUT2D eigenvalue weighted by Crippen LogP contribution is 2.47. The van der Waals surface area contributed by atoms with Gasteiger partial charge in [-0.3, -0.25) is 0 Å². The lowest BCUT2D eigenvalue weighted by atomic mass is 9.85. The van der Waals surface area contributed by atoms with E-state index in [0.29, 0.717) is 5.02 Å². The quantitative estimate of drug-likeness (QED) is 0.788. The highest BCUT2D eigenvalue weighted by atomic mass is 35.5. The van der Waals surface area contributed by atoms with Crippen LogP contribution in [0, 0.1) is 17.0 Å². The third-order valence-corrected chi connectivity index (χ3v) is 4.33. The maximum absolute atomic E-state index is 13.9. The van der Waals surface area contributed by atoms with Crippen LogP contribution in [-0.4, -0.2) is 0 Å². The monoisotopic (exact) mass is 307 g/mol. The molecule has 1 atom stereocenters. The molecule has 110 valence electrons. The van der Waals surface area contributed by atoms with Crippen LogP contribution in [0.2, 0.25) is 5.02 Å². The van der Waals surface area contributed by atoms with Crippen molar-refractivity contribution in [2.45, 2.75) is 26.3 Å². The average Bonchev–Trinajstić information content (AvgIpc) is 2.66. The predicted molar refractivity (Wildman–Crippen MR) is 81.7 cm³/mol. The molecule has 0 bridgehead atoms. The summed E-state index contributed by atoms with van der Waals surface area (Å²) in [7, 11) is 0. The first-order valence-electron chi connectivity index (χ1n) is 6.87. The minimum atomic E-state index is -0.845. The second kappa shape index (κ2) is 4.99. The van der Waals surface area contributed by atoms with Crippen LogP contribution in [0.3, 0.4) is 0 Å². The number of hydrogen-bond donors (Lipinski definition) is 1. The van der Waals surface area contributed by atoms with Crippen molar-refractivity contribution < 1.29 is 8.78 Å². The first-order valence-corrected chi connectivity index (χ1v) is 7.25. The van der Waals surface area contributed by atoms with Crippen molar-refractivity contribution >= 4 is 17.3 Å². The fourth-order valence-corrected chi connectivity index (χ4v) is 3.23. The Morgan fingerprint density at radius 3 is 2.71 bits per heavy atom. The molecule has 1 N–H and O–H groups in total. The molecule has 0 radical (unpaired) electrons. The third kappa shape index (κ3) is 2.51. The molecule has 0 saturated carbocycles. The number of anilines is 1. The zero-order valence-corrected chi connectivity index (χ0v) is 12.6. The Labute approximate surface area is 127 Å². The van der Waals surface area contributed by atoms with Crippen molar-refractivity contribution in [1.29, 1.82) is 0 Å². The van der Waals surface area contributed by atoms with Crippen LogP contribution in [0.15, 0.2) is 36.4 Å². The molecule has 0 fully saturated rings. The number of nitrogens with one attached hydrogen (secondary N) is 1. The van der Waals surface area contributed by atoms with Gasteiger partial charge in [-0.15, -0.1) is 0 Å². The molecular weight excluding hydrogens is 292 g/mol. The van der Waals surface area contributed by atoms with Crippen LogP contribution >= 0.6 is 11.6 Å². The van der Waals surface area contributed by atoms with E-state index in [4.69, 9.17) is 11.6 Å². The summed E-state index contributed by atoms with van der Waals surface area (Å²) < 4.78 is 27.3. The van der Waals surface area contributed by atoms with Crippen molar-refractivity contribution in [2.75, 3.05) is 5.32 Å². The fraction of sp³-hybridized carbons (Fsp3) is 0.294. The van der Waals surface area contributed by atoms with Crippen molar-refractivity contribution in [1.82, 2.24) is 0 Å². The van der Waals surface area contributed by atoms with Crippen LogP contribution in [0.5, 0.6) is 0 Å². The molecule has 2 aromatic rings. The number of halogens is 3. The summed E-state index contributed by atoms with van der Waals surface area (Å²) in [6, 6.07) is 9.83. The van der Waals surface area contributed by atoms with E-state index in [1.54, 1.807) is 6.07 Å². The van der Waals surface area contributed by atoms with Crippen LogP contribution in [0.1, 0.15) is 31.0 Å². The summed E-state index contributed by atoms with van der Waals surface area (Å²) in [6.45, 7) is 4.21. The molecule has 0 heterocycles. The van der Waals surface area contributed by atoms with E-state index in [9.17, 15) is 8.78 Å². The number of hydrogen-bond acceptors (Lipinski definition) is 1. The largest absolute Gasteiger partial charge is 0.375 e.